The van der Waals surface area contributed by atoms with Crippen LogP contribution in [0.2, 0.25) is 0 Å². The standard InChI is InChI=1S/C11H17N7O3S2/c1-18(2)23(20,21)15-4-3-13-11(19)16-8-7-14-17-9(8)10-12-5-6-22-10/h5-7,15H,3-4H2,1-2H3,(H,14,17)(H2,13,16,19). The molecular formula is C11H17N7O3S2. The van der Waals surface area contributed by atoms with Crippen LogP contribution in [0.1, 0.15) is 0 Å². The van der Waals surface area contributed by atoms with Gasteiger partial charge in [-0.1, -0.05) is 0 Å². The highest BCUT2D eigenvalue weighted by Gasteiger charge is 2.14. The third-order valence-corrected chi connectivity index (χ3v) is 5.03. The fraction of sp³-hybridized carbons (Fsp3) is 0.364. The minimum Gasteiger partial charge on any atom is -0.337 e. The van der Waals surface area contributed by atoms with E-state index in [-0.39, 0.29) is 13.1 Å². The maximum atomic E-state index is 11.8. The summed E-state index contributed by atoms with van der Waals surface area (Å²) >= 11 is 1.41. The predicted octanol–water partition coefficient (Wildman–Crippen LogP) is 0.0507. The Hall–Kier alpha value is -2.02. The Kier molecular flexibility index (Phi) is 5.65. The van der Waals surface area contributed by atoms with Crippen molar-refractivity contribution >= 4 is 33.3 Å². The molecule has 12 heteroatoms. The molecule has 0 aliphatic carbocycles. The number of aromatic amines is 1. The van der Waals surface area contributed by atoms with E-state index in [4.69, 9.17) is 0 Å². The van der Waals surface area contributed by atoms with Crippen LogP contribution in [0, 0.1) is 0 Å². The van der Waals surface area contributed by atoms with Gasteiger partial charge in [-0.2, -0.15) is 17.8 Å². The van der Waals surface area contributed by atoms with Crippen molar-refractivity contribution in [1.29, 1.82) is 0 Å². The van der Waals surface area contributed by atoms with E-state index in [1.165, 1.54) is 31.6 Å². The van der Waals surface area contributed by atoms with E-state index in [1.807, 2.05) is 5.38 Å². The molecule has 0 radical (unpaired) electrons. The van der Waals surface area contributed by atoms with Gasteiger partial charge >= 0.3 is 6.03 Å². The second-order valence-electron chi connectivity index (χ2n) is 4.56. The van der Waals surface area contributed by atoms with Crippen molar-refractivity contribution in [2.45, 2.75) is 0 Å². The van der Waals surface area contributed by atoms with Crippen LogP contribution in [-0.2, 0) is 10.2 Å². The Morgan fingerprint density at radius 2 is 2.17 bits per heavy atom. The smallest absolute Gasteiger partial charge is 0.319 e. The van der Waals surface area contributed by atoms with Crippen LogP contribution < -0.4 is 15.4 Å². The van der Waals surface area contributed by atoms with E-state index in [0.717, 1.165) is 4.31 Å². The first-order valence-electron chi connectivity index (χ1n) is 6.55. The summed E-state index contributed by atoms with van der Waals surface area (Å²) in [5, 5.41) is 14.4. The number of hydrogen-bond acceptors (Lipinski definition) is 6. The Balaban J connectivity index is 1.81. The molecule has 10 nitrogen and oxygen atoms in total. The quantitative estimate of drug-likeness (QED) is 0.519. The molecule has 0 aromatic carbocycles. The number of carbonyl (C=O) groups is 1. The predicted molar refractivity (Wildman–Crippen MR) is 87.3 cm³/mol. The second kappa shape index (κ2) is 7.50. The minimum atomic E-state index is -3.49. The van der Waals surface area contributed by atoms with Crippen molar-refractivity contribution in [2.75, 3.05) is 32.5 Å². The maximum Gasteiger partial charge on any atom is 0.319 e. The van der Waals surface area contributed by atoms with E-state index in [1.54, 1.807) is 6.20 Å². The number of nitrogens with one attached hydrogen (secondary N) is 4. The van der Waals surface area contributed by atoms with Crippen LogP contribution in [0.25, 0.3) is 10.7 Å². The van der Waals surface area contributed by atoms with Crippen LogP contribution in [0.3, 0.4) is 0 Å². The average molecular weight is 359 g/mol. The zero-order valence-electron chi connectivity index (χ0n) is 12.5. The lowest BCUT2D eigenvalue weighted by molar-refractivity contribution is 0.252. The van der Waals surface area contributed by atoms with Gasteiger partial charge in [-0.05, 0) is 0 Å². The SMILES string of the molecule is CN(C)S(=O)(=O)NCCNC(=O)Nc1cn[nH]c1-c1nccs1. The van der Waals surface area contributed by atoms with Gasteiger partial charge in [0.25, 0.3) is 10.2 Å². The third kappa shape index (κ3) is 4.72. The molecule has 2 aromatic heterocycles. The van der Waals surface area contributed by atoms with Crippen LogP contribution in [-0.4, -0.2) is 61.1 Å². The van der Waals surface area contributed by atoms with Gasteiger partial charge in [-0.25, -0.2) is 14.5 Å². The molecule has 23 heavy (non-hydrogen) atoms. The molecule has 4 N–H and O–H groups in total. The number of rotatable bonds is 7. The monoisotopic (exact) mass is 359 g/mol. The molecule has 0 bridgehead atoms. The molecular weight excluding hydrogens is 342 g/mol. The highest BCUT2D eigenvalue weighted by atomic mass is 32.2. The molecule has 0 unspecified atom stereocenters. The summed E-state index contributed by atoms with van der Waals surface area (Å²) in [6, 6.07) is -0.465. The minimum absolute atomic E-state index is 0.0820. The first kappa shape index (κ1) is 17.3. The molecule has 126 valence electrons. The van der Waals surface area contributed by atoms with Gasteiger partial charge < -0.3 is 10.6 Å². The first-order chi connectivity index (χ1) is 10.9. The molecule has 2 aromatic rings. The van der Waals surface area contributed by atoms with Crippen LogP contribution in [0.5, 0.6) is 0 Å². The van der Waals surface area contributed by atoms with Gasteiger partial charge in [-0.3, -0.25) is 5.10 Å². The van der Waals surface area contributed by atoms with Crippen molar-refractivity contribution < 1.29 is 13.2 Å². The number of amides is 2. The molecule has 0 atom stereocenters. The van der Waals surface area contributed by atoms with E-state index < -0.39 is 16.2 Å². The Bertz CT molecular complexity index is 740. The van der Waals surface area contributed by atoms with E-state index in [0.29, 0.717) is 16.4 Å². The van der Waals surface area contributed by atoms with Gasteiger partial charge in [-0.15, -0.1) is 11.3 Å². The van der Waals surface area contributed by atoms with Crippen molar-refractivity contribution in [3.8, 4) is 10.7 Å². The zero-order chi connectivity index (χ0) is 16.9. The van der Waals surface area contributed by atoms with Gasteiger partial charge in [0.05, 0.1) is 11.9 Å². The second-order valence-corrected chi connectivity index (χ2v) is 7.42. The van der Waals surface area contributed by atoms with Crippen LogP contribution in [0.4, 0.5) is 10.5 Å². The molecule has 0 saturated heterocycles. The summed E-state index contributed by atoms with van der Waals surface area (Å²) in [7, 11) is -0.656. The van der Waals surface area contributed by atoms with E-state index in [9.17, 15) is 13.2 Å². The molecule has 0 spiro atoms. The molecule has 0 aliphatic heterocycles. The van der Waals surface area contributed by atoms with Crippen LogP contribution in [0.15, 0.2) is 17.8 Å². The van der Waals surface area contributed by atoms with Crippen molar-refractivity contribution in [2.24, 2.45) is 0 Å². The number of hydrogen-bond donors (Lipinski definition) is 4. The number of thiazole rings is 1. The number of urea groups is 1. The average Bonchev–Trinajstić information content (AvgIpc) is 3.14. The van der Waals surface area contributed by atoms with E-state index >= 15 is 0 Å². The Labute approximate surface area is 137 Å². The Morgan fingerprint density at radius 1 is 1.39 bits per heavy atom. The summed E-state index contributed by atoms with van der Waals surface area (Å²) in [5.74, 6) is 0. The fourth-order valence-electron chi connectivity index (χ4n) is 1.54. The first-order valence-corrected chi connectivity index (χ1v) is 8.87. The summed E-state index contributed by atoms with van der Waals surface area (Å²) in [4.78, 5) is 16.0. The zero-order valence-corrected chi connectivity index (χ0v) is 14.2. The lowest BCUT2D eigenvalue weighted by Gasteiger charge is -2.12. The maximum absolute atomic E-state index is 11.8. The normalized spacial score (nSPS) is 11.6. The summed E-state index contributed by atoms with van der Waals surface area (Å²) < 4.78 is 26.3. The number of H-pyrrole nitrogens is 1. The molecule has 2 rings (SSSR count). The molecule has 0 aliphatic rings. The number of nitrogens with zero attached hydrogens (tertiary/aromatic N) is 3. The van der Waals surface area contributed by atoms with Crippen molar-refractivity contribution in [3.05, 3.63) is 17.8 Å². The number of anilines is 1. The molecule has 2 amide bonds. The molecule has 0 fully saturated rings. The number of carbonyl (C=O) groups excluding carboxylic acids is 1. The topological polar surface area (TPSA) is 132 Å². The van der Waals surface area contributed by atoms with Crippen molar-refractivity contribution in [1.82, 2.24) is 29.5 Å². The lowest BCUT2D eigenvalue weighted by atomic mass is 10.4. The largest absolute Gasteiger partial charge is 0.337 e. The summed E-state index contributed by atoms with van der Waals surface area (Å²) in [6.45, 7) is 0.224. The van der Waals surface area contributed by atoms with Crippen molar-refractivity contribution in [3.63, 3.8) is 0 Å². The van der Waals surface area contributed by atoms with Gasteiger partial charge in [0.1, 0.15) is 10.7 Å². The molecule has 2 heterocycles. The van der Waals surface area contributed by atoms with Gasteiger partial charge in [0.15, 0.2) is 0 Å². The summed E-state index contributed by atoms with van der Waals surface area (Å²) in [6.07, 6.45) is 3.13. The van der Waals surface area contributed by atoms with Gasteiger partial charge in [0.2, 0.25) is 0 Å². The van der Waals surface area contributed by atoms with E-state index in [2.05, 4.69) is 30.5 Å². The fourth-order valence-corrected chi connectivity index (χ4v) is 2.81. The van der Waals surface area contributed by atoms with Gasteiger partial charge in [0, 0.05) is 38.8 Å². The Morgan fingerprint density at radius 3 is 2.83 bits per heavy atom. The third-order valence-electron chi connectivity index (χ3n) is 2.71. The highest BCUT2D eigenvalue weighted by molar-refractivity contribution is 7.87. The molecule has 0 saturated carbocycles. The number of aromatic nitrogens is 3. The lowest BCUT2D eigenvalue weighted by Crippen LogP contribution is -2.41. The van der Waals surface area contributed by atoms with Crippen LogP contribution >= 0.6 is 11.3 Å². The highest BCUT2D eigenvalue weighted by Crippen LogP contribution is 2.26. The summed E-state index contributed by atoms with van der Waals surface area (Å²) in [5.41, 5.74) is 1.11.